The van der Waals surface area contributed by atoms with Gasteiger partial charge in [-0.05, 0) is 35.9 Å². The van der Waals surface area contributed by atoms with Crippen molar-refractivity contribution in [3.63, 3.8) is 0 Å². The maximum Gasteiger partial charge on any atom is 0.259 e. The van der Waals surface area contributed by atoms with Crippen LogP contribution < -0.4 is 29.7 Å². The normalized spacial score (nSPS) is 10.4. The van der Waals surface area contributed by atoms with E-state index in [0.717, 1.165) is 0 Å². The largest absolute Gasteiger partial charge is 0.504 e. The highest BCUT2D eigenvalue weighted by atomic mass is 16.5. The number of carbonyl (C=O) groups excluding carboxylic acids is 2. The minimum Gasteiger partial charge on any atom is -0.504 e. The van der Waals surface area contributed by atoms with Crippen molar-refractivity contribution < 1.29 is 33.6 Å². The lowest BCUT2D eigenvalue weighted by Crippen LogP contribution is -2.34. The average molecular weight is 417 g/mol. The van der Waals surface area contributed by atoms with Crippen molar-refractivity contribution >= 4 is 18.0 Å². The van der Waals surface area contributed by atoms with Crippen molar-refractivity contribution in [1.82, 2.24) is 10.7 Å². The van der Waals surface area contributed by atoms with Crippen LogP contribution in [-0.4, -0.2) is 58.1 Å². The highest BCUT2D eigenvalue weighted by Gasteiger charge is 2.17. The number of amides is 2. The van der Waals surface area contributed by atoms with Gasteiger partial charge in [-0.15, -0.1) is 0 Å². The molecule has 0 aliphatic heterocycles. The van der Waals surface area contributed by atoms with E-state index in [9.17, 15) is 14.7 Å². The topological polar surface area (TPSA) is 128 Å². The molecule has 2 rings (SSSR count). The Hall–Kier alpha value is -3.95. The summed E-state index contributed by atoms with van der Waals surface area (Å²) >= 11 is 0. The van der Waals surface area contributed by atoms with Gasteiger partial charge in [-0.1, -0.05) is 0 Å². The van der Waals surface area contributed by atoms with Gasteiger partial charge in [-0.2, -0.15) is 5.10 Å². The summed E-state index contributed by atoms with van der Waals surface area (Å²) in [4.78, 5) is 24.3. The van der Waals surface area contributed by atoms with Crippen LogP contribution >= 0.6 is 0 Å². The summed E-state index contributed by atoms with van der Waals surface area (Å²) < 4.78 is 20.6. The van der Waals surface area contributed by atoms with Crippen LogP contribution in [0.2, 0.25) is 0 Å². The average Bonchev–Trinajstić information content (AvgIpc) is 2.77. The van der Waals surface area contributed by atoms with Crippen molar-refractivity contribution in [1.29, 1.82) is 0 Å². The van der Waals surface area contributed by atoms with Gasteiger partial charge >= 0.3 is 0 Å². The van der Waals surface area contributed by atoms with Crippen LogP contribution in [0.1, 0.15) is 15.9 Å². The van der Waals surface area contributed by atoms with Gasteiger partial charge in [-0.3, -0.25) is 9.59 Å². The predicted molar refractivity (Wildman–Crippen MR) is 109 cm³/mol. The number of benzene rings is 2. The molecule has 2 aromatic rings. The first-order valence-electron chi connectivity index (χ1n) is 8.70. The molecule has 0 saturated heterocycles. The Kier molecular flexibility index (Phi) is 7.86. The third-order valence-corrected chi connectivity index (χ3v) is 3.94. The number of phenolic OH excluding ortho intramolecular Hbond substituents is 1. The Morgan fingerprint density at radius 3 is 2.17 bits per heavy atom. The second kappa shape index (κ2) is 10.6. The maximum atomic E-state index is 12.4. The van der Waals surface area contributed by atoms with Gasteiger partial charge in [0.15, 0.2) is 23.0 Å². The third kappa shape index (κ3) is 5.53. The summed E-state index contributed by atoms with van der Waals surface area (Å²) in [5, 5.41) is 15.8. The molecule has 30 heavy (non-hydrogen) atoms. The lowest BCUT2D eigenvalue weighted by atomic mass is 10.1. The molecule has 2 aromatic carbocycles. The molecule has 0 heterocycles. The predicted octanol–water partition coefficient (Wildman–Crippen LogP) is 1.31. The molecule has 0 atom stereocenters. The number of methoxy groups -OCH3 is 4. The van der Waals surface area contributed by atoms with E-state index in [1.165, 1.54) is 52.9 Å². The standard InChI is InChI=1S/C20H23N3O7/c1-27-15-7-12(5-6-14(15)24)10-22-23-18(25)11-21-20(26)13-8-16(28-2)19(30-4)17(9-13)29-3/h5-10,24H,11H2,1-4H3,(H,21,26)(H,23,25)/b22-10+. The Morgan fingerprint density at radius 2 is 1.60 bits per heavy atom. The van der Waals surface area contributed by atoms with Gasteiger partial charge in [0.1, 0.15) is 0 Å². The lowest BCUT2D eigenvalue weighted by Gasteiger charge is -2.14. The molecule has 2 amide bonds. The first-order valence-corrected chi connectivity index (χ1v) is 8.70. The second-order valence-corrected chi connectivity index (χ2v) is 5.82. The van der Waals surface area contributed by atoms with Gasteiger partial charge in [0.2, 0.25) is 5.75 Å². The number of carbonyl (C=O) groups is 2. The molecule has 0 aliphatic carbocycles. The summed E-state index contributed by atoms with van der Waals surface area (Å²) in [7, 11) is 5.76. The van der Waals surface area contributed by atoms with E-state index in [2.05, 4.69) is 15.8 Å². The number of hydrazone groups is 1. The van der Waals surface area contributed by atoms with Crippen molar-refractivity contribution in [2.45, 2.75) is 0 Å². The molecular formula is C20H23N3O7. The second-order valence-electron chi connectivity index (χ2n) is 5.82. The summed E-state index contributed by atoms with van der Waals surface area (Å²) in [5.74, 6) is 0.237. The van der Waals surface area contributed by atoms with Crippen molar-refractivity contribution in [2.75, 3.05) is 35.0 Å². The first kappa shape index (κ1) is 22.3. The molecule has 0 fully saturated rings. The molecule has 0 aliphatic rings. The number of rotatable bonds is 9. The van der Waals surface area contributed by atoms with Crippen LogP contribution in [-0.2, 0) is 4.79 Å². The van der Waals surface area contributed by atoms with Crippen LogP contribution in [0, 0.1) is 0 Å². The SMILES string of the molecule is COc1cc(/C=N/NC(=O)CNC(=O)c2cc(OC)c(OC)c(OC)c2)ccc1O. The monoisotopic (exact) mass is 417 g/mol. The van der Waals surface area contributed by atoms with Gasteiger partial charge in [0.05, 0.1) is 41.2 Å². The van der Waals surface area contributed by atoms with E-state index in [1.54, 1.807) is 12.1 Å². The summed E-state index contributed by atoms with van der Waals surface area (Å²) in [6.45, 7) is -0.300. The molecule has 0 aromatic heterocycles. The molecule has 10 nitrogen and oxygen atoms in total. The van der Waals surface area contributed by atoms with Crippen molar-refractivity contribution in [3.8, 4) is 28.7 Å². The van der Waals surface area contributed by atoms with Crippen LogP contribution in [0.25, 0.3) is 0 Å². The molecular weight excluding hydrogens is 394 g/mol. The Balaban J connectivity index is 1.95. The zero-order chi connectivity index (χ0) is 22.1. The summed E-state index contributed by atoms with van der Waals surface area (Å²) in [5.41, 5.74) is 3.13. The molecule has 0 unspecified atom stereocenters. The van der Waals surface area contributed by atoms with Gasteiger partial charge in [0, 0.05) is 5.56 Å². The quantitative estimate of drug-likeness (QED) is 0.415. The van der Waals surface area contributed by atoms with Crippen LogP contribution in [0.4, 0.5) is 0 Å². The number of aromatic hydroxyl groups is 1. The molecule has 0 spiro atoms. The molecule has 3 N–H and O–H groups in total. The number of hydrogen-bond acceptors (Lipinski definition) is 8. The number of ether oxygens (including phenoxy) is 4. The van der Waals surface area contributed by atoms with Crippen molar-refractivity contribution in [2.24, 2.45) is 5.10 Å². The Morgan fingerprint density at radius 1 is 0.967 bits per heavy atom. The van der Waals surface area contributed by atoms with Gasteiger partial charge in [0.25, 0.3) is 11.8 Å². The molecule has 0 radical (unpaired) electrons. The number of hydrogen-bond donors (Lipinski definition) is 3. The van der Waals surface area contributed by atoms with E-state index in [-0.39, 0.29) is 23.6 Å². The Bertz CT molecular complexity index is 919. The van der Waals surface area contributed by atoms with E-state index in [4.69, 9.17) is 18.9 Å². The van der Waals surface area contributed by atoms with Crippen molar-refractivity contribution in [3.05, 3.63) is 41.5 Å². The summed E-state index contributed by atoms with van der Waals surface area (Å²) in [6.07, 6.45) is 1.38. The van der Waals surface area contributed by atoms with E-state index in [1.807, 2.05) is 0 Å². The van der Waals surface area contributed by atoms with E-state index in [0.29, 0.717) is 22.8 Å². The zero-order valence-corrected chi connectivity index (χ0v) is 17.0. The van der Waals surface area contributed by atoms with Crippen LogP contribution in [0.15, 0.2) is 35.4 Å². The fourth-order valence-corrected chi connectivity index (χ4v) is 2.47. The number of nitrogens with zero attached hydrogens (tertiary/aromatic N) is 1. The first-order chi connectivity index (χ1) is 14.4. The summed E-state index contributed by atoms with van der Waals surface area (Å²) in [6, 6.07) is 7.55. The molecule has 0 saturated carbocycles. The smallest absolute Gasteiger partial charge is 0.259 e. The minimum atomic E-state index is -0.530. The highest BCUT2D eigenvalue weighted by Crippen LogP contribution is 2.38. The Labute approximate surface area is 173 Å². The lowest BCUT2D eigenvalue weighted by molar-refractivity contribution is -0.120. The maximum absolute atomic E-state index is 12.4. The molecule has 10 heteroatoms. The van der Waals surface area contributed by atoms with E-state index < -0.39 is 11.8 Å². The van der Waals surface area contributed by atoms with Gasteiger partial charge < -0.3 is 29.4 Å². The van der Waals surface area contributed by atoms with Crippen LogP contribution in [0.3, 0.4) is 0 Å². The molecule has 0 bridgehead atoms. The fraction of sp³-hybridized carbons (Fsp3) is 0.250. The van der Waals surface area contributed by atoms with Crippen LogP contribution in [0.5, 0.6) is 28.7 Å². The zero-order valence-electron chi connectivity index (χ0n) is 17.0. The number of nitrogens with one attached hydrogen (secondary N) is 2. The number of phenols is 1. The van der Waals surface area contributed by atoms with E-state index >= 15 is 0 Å². The van der Waals surface area contributed by atoms with Gasteiger partial charge in [-0.25, -0.2) is 5.43 Å². The minimum absolute atomic E-state index is 0.00630. The third-order valence-electron chi connectivity index (χ3n) is 3.94. The highest BCUT2D eigenvalue weighted by molar-refractivity contribution is 5.97. The fourth-order valence-electron chi connectivity index (χ4n) is 2.47. The molecule has 160 valence electrons.